The molecule has 4 N–H and O–H groups in total. The summed E-state index contributed by atoms with van der Waals surface area (Å²) in [6.45, 7) is 5.67. The Balaban J connectivity index is 2.16. The van der Waals surface area contributed by atoms with E-state index in [0.717, 1.165) is 32.2 Å². The number of phenolic OH excluding ortho intramolecular Hbond substituents is 2. The summed E-state index contributed by atoms with van der Waals surface area (Å²) in [4.78, 5) is 0. The molecule has 0 radical (unpaired) electrons. The van der Waals surface area contributed by atoms with Crippen molar-refractivity contribution in [2.75, 3.05) is 18.5 Å². The lowest BCUT2D eigenvalue weighted by Crippen LogP contribution is -2.22. The number of nitrogens with zero attached hydrogens (tertiary/aromatic N) is 2. The topological polar surface area (TPSA) is 89.2 Å². The molecular weight excluding hydrogens is 352 g/mol. The Hall–Kier alpha value is -2.86. The summed E-state index contributed by atoms with van der Waals surface area (Å²) in [5.74, 6) is 0.221. The molecule has 28 heavy (non-hydrogen) atoms. The molecule has 0 unspecified atom stereocenters. The standard InChI is InChI=1S/C22H28N4O2/c1-3-5-13-23-25-17-11-12-18(26-24-14-6-4-2)20-19(17)21(27)15-9-7-8-10-16(15)22(20)28/h7-12,23,25,27-28H,3-6,13-14H2,1-2H3. The maximum Gasteiger partial charge on any atom is 0.133 e. The number of aromatic hydroxyl groups is 2. The molecule has 0 saturated heterocycles. The third kappa shape index (κ3) is 4.02. The summed E-state index contributed by atoms with van der Waals surface area (Å²) in [7, 11) is 0. The Bertz CT molecular complexity index is 985. The minimum Gasteiger partial charge on any atom is -0.507 e. The van der Waals surface area contributed by atoms with Crippen molar-refractivity contribution in [2.24, 2.45) is 10.2 Å². The first kappa shape index (κ1) is 19.9. The summed E-state index contributed by atoms with van der Waals surface area (Å²) < 4.78 is 0. The fourth-order valence-electron chi connectivity index (χ4n) is 3.21. The molecule has 0 bridgehead atoms. The second kappa shape index (κ2) is 9.37. The number of benzene rings is 3. The average molecular weight is 380 g/mol. The Morgan fingerprint density at radius 2 is 1.54 bits per heavy atom. The van der Waals surface area contributed by atoms with E-state index in [2.05, 4.69) is 34.9 Å². The first-order valence-electron chi connectivity index (χ1n) is 9.94. The van der Waals surface area contributed by atoms with Gasteiger partial charge in [-0.2, -0.15) is 10.2 Å². The van der Waals surface area contributed by atoms with Gasteiger partial charge in [0.2, 0.25) is 0 Å². The highest BCUT2D eigenvalue weighted by atomic mass is 16.3. The smallest absolute Gasteiger partial charge is 0.133 e. The van der Waals surface area contributed by atoms with Crippen molar-refractivity contribution in [1.29, 1.82) is 0 Å². The van der Waals surface area contributed by atoms with Gasteiger partial charge in [-0.3, -0.25) is 0 Å². The van der Waals surface area contributed by atoms with Crippen molar-refractivity contribution in [3.63, 3.8) is 0 Å². The molecule has 0 fully saturated rings. The minimum absolute atomic E-state index is 0.102. The van der Waals surface area contributed by atoms with E-state index >= 15 is 0 Å². The highest BCUT2D eigenvalue weighted by molar-refractivity contribution is 6.18. The molecule has 0 heterocycles. The molecule has 0 aliphatic rings. The number of nitrogens with one attached hydrogen (secondary N) is 2. The molecule has 3 aromatic rings. The maximum absolute atomic E-state index is 11.0. The van der Waals surface area contributed by atoms with E-state index in [1.165, 1.54) is 0 Å². The summed E-state index contributed by atoms with van der Waals surface area (Å²) in [5, 5.41) is 32.8. The number of unbranched alkanes of at least 4 members (excludes halogenated alkanes) is 2. The number of hydrogen-bond donors (Lipinski definition) is 4. The number of hydrogen-bond acceptors (Lipinski definition) is 6. The molecule has 6 heteroatoms. The Kier molecular flexibility index (Phi) is 6.66. The molecule has 0 aliphatic carbocycles. The zero-order valence-electron chi connectivity index (χ0n) is 16.5. The number of hydrazine groups is 1. The van der Waals surface area contributed by atoms with E-state index in [0.29, 0.717) is 39.5 Å². The fourth-order valence-corrected chi connectivity index (χ4v) is 3.21. The lowest BCUT2D eigenvalue weighted by molar-refractivity contribution is 0.478. The van der Waals surface area contributed by atoms with Gasteiger partial charge in [0.05, 0.1) is 28.7 Å². The second-order valence-corrected chi connectivity index (χ2v) is 6.85. The van der Waals surface area contributed by atoms with Crippen molar-refractivity contribution < 1.29 is 10.2 Å². The van der Waals surface area contributed by atoms with E-state index in [4.69, 9.17) is 0 Å². The fraction of sp³-hybridized carbons (Fsp3) is 0.364. The van der Waals surface area contributed by atoms with Crippen LogP contribution in [0.4, 0.5) is 11.4 Å². The zero-order chi connectivity index (χ0) is 19.9. The molecule has 0 saturated carbocycles. The molecule has 0 spiro atoms. The van der Waals surface area contributed by atoms with Crippen LogP contribution in [0.5, 0.6) is 11.5 Å². The SMILES string of the molecule is CCCCN=Nc1ccc(NNCCCC)c2c(O)c3ccccc3c(O)c12. The maximum atomic E-state index is 11.0. The van der Waals surface area contributed by atoms with Gasteiger partial charge in [0.15, 0.2) is 0 Å². The first-order chi connectivity index (χ1) is 13.7. The van der Waals surface area contributed by atoms with Crippen molar-refractivity contribution >= 4 is 32.9 Å². The van der Waals surface area contributed by atoms with Gasteiger partial charge in [-0.15, -0.1) is 0 Å². The predicted molar refractivity (Wildman–Crippen MR) is 116 cm³/mol. The van der Waals surface area contributed by atoms with Crippen LogP contribution in [-0.2, 0) is 0 Å². The monoisotopic (exact) mass is 380 g/mol. The molecule has 0 aliphatic heterocycles. The zero-order valence-corrected chi connectivity index (χ0v) is 16.5. The van der Waals surface area contributed by atoms with E-state index in [1.807, 2.05) is 24.3 Å². The Morgan fingerprint density at radius 1 is 0.857 bits per heavy atom. The van der Waals surface area contributed by atoms with Crippen molar-refractivity contribution in [3.8, 4) is 11.5 Å². The number of phenols is 2. The molecule has 148 valence electrons. The van der Waals surface area contributed by atoms with Crippen LogP contribution in [0, 0.1) is 0 Å². The van der Waals surface area contributed by atoms with Crippen LogP contribution in [0.2, 0.25) is 0 Å². The Morgan fingerprint density at radius 3 is 2.21 bits per heavy atom. The van der Waals surface area contributed by atoms with E-state index in [-0.39, 0.29) is 11.5 Å². The molecule has 0 amide bonds. The molecule has 3 rings (SSSR count). The summed E-state index contributed by atoms with van der Waals surface area (Å²) >= 11 is 0. The van der Waals surface area contributed by atoms with Gasteiger partial charge in [0.25, 0.3) is 0 Å². The van der Waals surface area contributed by atoms with Gasteiger partial charge in [-0.05, 0) is 25.0 Å². The minimum atomic E-state index is 0.102. The largest absolute Gasteiger partial charge is 0.507 e. The highest BCUT2D eigenvalue weighted by Gasteiger charge is 2.18. The quantitative estimate of drug-likeness (QED) is 0.120. The molecule has 0 aromatic heterocycles. The van der Waals surface area contributed by atoms with Gasteiger partial charge in [0, 0.05) is 17.3 Å². The highest BCUT2D eigenvalue weighted by Crippen LogP contribution is 2.48. The summed E-state index contributed by atoms with van der Waals surface area (Å²) in [6.07, 6.45) is 4.13. The van der Waals surface area contributed by atoms with Crippen LogP contribution in [0.1, 0.15) is 39.5 Å². The predicted octanol–water partition coefficient (Wildman–Crippen LogP) is 6.00. The third-order valence-corrected chi connectivity index (χ3v) is 4.76. The van der Waals surface area contributed by atoms with Crippen LogP contribution < -0.4 is 10.9 Å². The van der Waals surface area contributed by atoms with Crippen molar-refractivity contribution in [1.82, 2.24) is 5.43 Å². The van der Waals surface area contributed by atoms with Gasteiger partial charge < -0.3 is 15.6 Å². The van der Waals surface area contributed by atoms with E-state index in [1.54, 1.807) is 12.1 Å². The Labute approximate surface area is 165 Å². The number of rotatable bonds is 9. The van der Waals surface area contributed by atoms with Gasteiger partial charge in [-0.1, -0.05) is 51.0 Å². The van der Waals surface area contributed by atoms with Gasteiger partial charge >= 0.3 is 0 Å². The number of azo groups is 1. The van der Waals surface area contributed by atoms with Crippen LogP contribution in [0.15, 0.2) is 46.6 Å². The van der Waals surface area contributed by atoms with Crippen LogP contribution in [0.3, 0.4) is 0 Å². The molecular formula is C22H28N4O2. The lowest BCUT2D eigenvalue weighted by Gasteiger charge is -2.16. The third-order valence-electron chi connectivity index (χ3n) is 4.76. The van der Waals surface area contributed by atoms with Crippen LogP contribution in [0.25, 0.3) is 21.5 Å². The van der Waals surface area contributed by atoms with Gasteiger partial charge in [-0.25, -0.2) is 5.43 Å². The summed E-state index contributed by atoms with van der Waals surface area (Å²) in [5.41, 5.74) is 7.57. The molecule has 6 nitrogen and oxygen atoms in total. The first-order valence-corrected chi connectivity index (χ1v) is 9.94. The summed E-state index contributed by atoms with van der Waals surface area (Å²) in [6, 6.07) is 10.9. The normalized spacial score (nSPS) is 11.6. The van der Waals surface area contributed by atoms with Crippen LogP contribution in [-0.4, -0.2) is 23.3 Å². The van der Waals surface area contributed by atoms with E-state index in [9.17, 15) is 10.2 Å². The average Bonchev–Trinajstić information content (AvgIpc) is 2.72. The number of anilines is 1. The number of fused-ring (bicyclic) bond motifs is 2. The van der Waals surface area contributed by atoms with Gasteiger partial charge in [0.1, 0.15) is 11.5 Å². The van der Waals surface area contributed by atoms with Crippen LogP contribution >= 0.6 is 0 Å². The van der Waals surface area contributed by atoms with Crippen molar-refractivity contribution in [2.45, 2.75) is 39.5 Å². The molecule has 3 aromatic carbocycles. The lowest BCUT2D eigenvalue weighted by atomic mass is 9.98. The second-order valence-electron chi connectivity index (χ2n) is 6.85. The van der Waals surface area contributed by atoms with Crippen molar-refractivity contribution in [3.05, 3.63) is 36.4 Å². The molecule has 0 atom stereocenters. The van der Waals surface area contributed by atoms with E-state index < -0.39 is 0 Å².